The van der Waals surface area contributed by atoms with E-state index in [1.807, 2.05) is 0 Å². The molecule has 3 amide bonds. The van der Waals surface area contributed by atoms with Crippen LogP contribution in [0, 0.1) is 11.8 Å². The van der Waals surface area contributed by atoms with Crippen LogP contribution in [0.3, 0.4) is 0 Å². The quantitative estimate of drug-likeness (QED) is 0.455. The van der Waals surface area contributed by atoms with E-state index >= 15 is 0 Å². The molecule has 1 aromatic carbocycles. The molecule has 1 aromatic rings. The van der Waals surface area contributed by atoms with Gasteiger partial charge in [-0.3, -0.25) is 4.79 Å². The zero-order valence-corrected chi connectivity index (χ0v) is 19.0. The van der Waals surface area contributed by atoms with Crippen molar-refractivity contribution in [3.05, 3.63) is 47.1 Å². The van der Waals surface area contributed by atoms with Gasteiger partial charge in [0.05, 0.1) is 12.8 Å². The highest BCUT2D eigenvalue weighted by Gasteiger charge is 2.39. The van der Waals surface area contributed by atoms with E-state index in [-0.39, 0.29) is 17.3 Å². The van der Waals surface area contributed by atoms with Gasteiger partial charge in [0.25, 0.3) is 0 Å². The number of imide groups is 1. The molecule has 7 heteroatoms. The summed E-state index contributed by atoms with van der Waals surface area (Å²) in [5.74, 6) is 0.621. The third-order valence-corrected chi connectivity index (χ3v) is 6.08. The van der Waals surface area contributed by atoms with E-state index in [4.69, 9.17) is 4.74 Å². The number of hydrogen-bond acceptors (Lipinski definition) is 5. The number of carbonyl (C=O) groups excluding carboxylic acids is 2. The largest absolute Gasteiger partial charge is 0.497 e. The van der Waals surface area contributed by atoms with Crippen molar-refractivity contribution in [2.75, 3.05) is 7.11 Å². The van der Waals surface area contributed by atoms with Crippen molar-refractivity contribution < 1.29 is 14.3 Å². The fourth-order valence-electron chi connectivity index (χ4n) is 4.22. The van der Waals surface area contributed by atoms with Crippen molar-refractivity contribution in [2.45, 2.75) is 46.5 Å². The van der Waals surface area contributed by atoms with Crippen LogP contribution in [0.1, 0.15) is 52.0 Å². The number of allylic oxidation sites excluding steroid dienone is 4. The summed E-state index contributed by atoms with van der Waals surface area (Å²) in [6, 6.07) is 4.54. The highest BCUT2D eigenvalue weighted by Crippen LogP contribution is 2.33. The first-order valence-corrected chi connectivity index (χ1v) is 11.0. The van der Waals surface area contributed by atoms with Crippen LogP contribution in [-0.2, 0) is 4.79 Å². The van der Waals surface area contributed by atoms with Crippen LogP contribution < -0.4 is 4.74 Å². The van der Waals surface area contributed by atoms with Gasteiger partial charge >= 0.3 is 11.9 Å². The van der Waals surface area contributed by atoms with E-state index in [0.29, 0.717) is 22.9 Å². The van der Waals surface area contributed by atoms with Crippen LogP contribution in [-0.4, -0.2) is 41.7 Å². The summed E-state index contributed by atoms with van der Waals surface area (Å²) in [6.45, 7) is 6.42. The van der Waals surface area contributed by atoms with E-state index in [2.05, 4.69) is 48.0 Å². The summed E-state index contributed by atoms with van der Waals surface area (Å²) in [5.41, 5.74) is 4.45. The molecular formula is C25H28N4O3. The van der Waals surface area contributed by atoms with Gasteiger partial charge < -0.3 is 4.74 Å². The highest BCUT2D eigenvalue weighted by molar-refractivity contribution is 6.74. The number of hydrazone groups is 1. The topological polar surface area (TPSA) is 83.7 Å². The second-order valence-corrected chi connectivity index (χ2v) is 8.73. The Balaban J connectivity index is 1.47. The van der Waals surface area contributed by atoms with Gasteiger partial charge in [0.15, 0.2) is 5.71 Å². The fraction of sp³-hybridized carbons (Fsp3) is 0.400. The third kappa shape index (κ3) is 4.33. The van der Waals surface area contributed by atoms with Crippen LogP contribution in [0.15, 0.2) is 56.6 Å². The zero-order valence-electron chi connectivity index (χ0n) is 19.0. The average molecular weight is 433 g/mol. The number of ether oxygens (including phenoxy) is 1. The lowest BCUT2D eigenvalue weighted by Crippen LogP contribution is -2.43. The SMILES string of the molecule is COc1ccc2c(c1)C1=NC(=O)N(N=C[C@@H]3CC=C(CCC=C(C)C)C[C@H]3C)C(=O)C1=N2. The Morgan fingerprint density at radius 2 is 2.06 bits per heavy atom. The molecule has 0 unspecified atom stereocenters. The molecule has 2 atom stereocenters. The van der Waals surface area contributed by atoms with Crippen LogP contribution in [0.2, 0.25) is 0 Å². The van der Waals surface area contributed by atoms with E-state index in [0.717, 1.165) is 30.7 Å². The van der Waals surface area contributed by atoms with Crippen LogP contribution >= 0.6 is 0 Å². The lowest BCUT2D eigenvalue weighted by atomic mass is 9.80. The van der Waals surface area contributed by atoms with Crippen molar-refractivity contribution in [3.63, 3.8) is 0 Å². The van der Waals surface area contributed by atoms with Gasteiger partial charge in [-0.15, -0.1) is 5.01 Å². The summed E-state index contributed by atoms with van der Waals surface area (Å²) in [5, 5.41) is 5.07. The van der Waals surface area contributed by atoms with Crippen LogP contribution in [0.4, 0.5) is 10.5 Å². The van der Waals surface area contributed by atoms with Crippen molar-refractivity contribution >= 4 is 35.3 Å². The Labute approximate surface area is 188 Å². The maximum atomic E-state index is 13.0. The summed E-state index contributed by atoms with van der Waals surface area (Å²) in [7, 11) is 1.56. The molecule has 0 radical (unpaired) electrons. The lowest BCUT2D eigenvalue weighted by molar-refractivity contribution is -0.121. The fourth-order valence-corrected chi connectivity index (χ4v) is 4.22. The molecule has 0 saturated heterocycles. The number of methoxy groups -OCH3 is 1. The van der Waals surface area contributed by atoms with Crippen LogP contribution in [0.25, 0.3) is 0 Å². The number of aliphatic imine (C=N–C) groups is 2. The van der Waals surface area contributed by atoms with Crippen molar-refractivity contribution in [1.29, 1.82) is 0 Å². The number of hydrogen-bond donors (Lipinski definition) is 0. The minimum atomic E-state index is -0.697. The molecule has 7 nitrogen and oxygen atoms in total. The minimum absolute atomic E-state index is 0.142. The maximum absolute atomic E-state index is 13.0. The average Bonchev–Trinajstić information content (AvgIpc) is 3.12. The van der Waals surface area contributed by atoms with Gasteiger partial charge in [-0.1, -0.05) is 30.2 Å². The minimum Gasteiger partial charge on any atom is -0.497 e. The molecular weight excluding hydrogens is 404 g/mol. The van der Waals surface area contributed by atoms with Gasteiger partial charge in [0, 0.05) is 17.7 Å². The Kier molecular flexibility index (Phi) is 6.17. The van der Waals surface area contributed by atoms with E-state index in [1.54, 1.807) is 31.5 Å². The molecule has 2 heterocycles. The smallest absolute Gasteiger partial charge is 0.372 e. The standard InChI is InChI=1S/C25H28N4O3/c1-15(2)6-5-7-17-8-9-18(16(3)12-17)14-26-29-24(30)23-22(28-25(29)31)20-13-19(32-4)10-11-21(20)27-23/h6,8,10-11,13-14,16,18H,5,7,9,12H2,1-4H3/t16-,18+/m1/s1. The molecule has 0 fully saturated rings. The molecule has 1 aliphatic carbocycles. The number of urea groups is 1. The third-order valence-electron chi connectivity index (χ3n) is 6.08. The van der Waals surface area contributed by atoms with Gasteiger partial charge in [-0.2, -0.15) is 10.1 Å². The number of carbonyl (C=O) groups is 2. The Morgan fingerprint density at radius 1 is 1.25 bits per heavy atom. The molecule has 0 bridgehead atoms. The number of rotatable bonds is 6. The lowest BCUT2D eigenvalue weighted by Gasteiger charge is -2.26. The Hall–Kier alpha value is -3.35. The normalized spacial score (nSPS) is 22.2. The second-order valence-electron chi connectivity index (χ2n) is 8.73. The first-order valence-electron chi connectivity index (χ1n) is 11.0. The Morgan fingerprint density at radius 3 is 2.78 bits per heavy atom. The molecule has 0 N–H and O–H groups in total. The van der Waals surface area contributed by atoms with E-state index in [1.165, 1.54) is 11.1 Å². The van der Waals surface area contributed by atoms with Crippen molar-refractivity contribution in [2.24, 2.45) is 26.9 Å². The van der Waals surface area contributed by atoms with E-state index in [9.17, 15) is 9.59 Å². The summed E-state index contributed by atoms with van der Waals surface area (Å²) < 4.78 is 5.23. The van der Waals surface area contributed by atoms with Crippen molar-refractivity contribution in [1.82, 2.24) is 5.01 Å². The number of benzene rings is 1. The molecule has 4 rings (SSSR count). The molecule has 2 aliphatic heterocycles. The van der Waals surface area contributed by atoms with Crippen LogP contribution in [0.5, 0.6) is 5.75 Å². The molecule has 3 aliphatic rings. The van der Waals surface area contributed by atoms with Gasteiger partial charge in [-0.25, -0.2) is 9.79 Å². The molecule has 0 saturated carbocycles. The number of amides is 3. The highest BCUT2D eigenvalue weighted by atomic mass is 16.5. The first-order chi connectivity index (χ1) is 15.4. The Bertz CT molecular complexity index is 1110. The van der Waals surface area contributed by atoms with Gasteiger partial charge in [-0.05, 0) is 63.6 Å². The zero-order chi connectivity index (χ0) is 22.8. The van der Waals surface area contributed by atoms with Gasteiger partial charge in [0.1, 0.15) is 11.5 Å². The summed E-state index contributed by atoms with van der Waals surface area (Å²) in [4.78, 5) is 34.0. The molecule has 166 valence electrons. The summed E-state index contributed by atoms with van der Waals surface area (Å²) in [6.07, 6.45) is 10.2. The van der Waals surface area contributed by atoms with E-state index < -0.39 is 11.9 Å². The van der Waals surface area contributed by atoms with Crippen molar-refractivity contribution in [3.8, 4) is 5.75 Å². The summed E-state index contributed by atoms with van der Waals surface area (Å²) >= 11 is 0. The predicted octanol–water partition coefficient (Wildman–Crippen LogP) is 5.24. The molecule has 32 heavy (non-hydrogen) atoms. The maximum Gasteiger partial charge on any atom is 0.372 e. The monoisotopic (exact) mass is 432 g/mol. The predicted molar refractivity (Wildman–Crippen MR) is 126 cm³/mol. The molecule has 0 aromatic heterocycles. The number of nitrogens with zero attached hydrogens (tertiary/aromatic N) is 4. The first kappa shape index (κ1) is 21.9. The molecule has 0 spiro atoms. The second kappa shape index (κ2) is 9.02. The number of fused-ring (bicyclic) bond motifs is 3. The van der Waals surface area contributed by atoms with Gasteiger partial charge in [0.2, 0.25) is 0 Å².